The monoisotopic (exact) mass is 434 g/mol. The average molecular weight is 435 g/mol. The van der Waals surface area contributed by atoms with Crippen LogP contribution in [0.4, 0.5) is 0 Å². The Bertz CT molecular complexity index is 1200. The van der Waals surface area contributed by atoms with Gasteiger partial charge in [0.05, 0.1) is 30.4 Å². The minimum atomic E-state index is -0.0298. The topological polar surface area (TPSA) is 82.3 Å². The normalized spacial score (nSPS) is 12.6. The van der Waals surface area contributed by atoms with Crippen molar-refractivity contribution in [1.82, 2.24) is 19.5 Å². The van der Waals surface area contributed by atoms with Gasteiger partial charge in [-0.05, 0) is 35.6 Å². The Kier molecular flexibility index (Phi) is 7.09. The van der Waals surface area contributed by atoms with Crippen LogP contribution >= 0.6 is 0 Å². The molecule has 0 radical (unpaired) electrons. The van der Waals surface area contributed by atoms with Gasteiger partial charge in [-0.3, -0.25) is 9.97 Å². The molecule has 0 fully saturated rings. The van der Waals surface area contributed by atoms with Crippen molar-refractivity contribution in [2.75, 3.05) is 27.4 Å². The molecule has 0 saturated heterocycles. The van der Waals surface area contributed by atoms with Crippen LogP contribution in [0, 0.1) is 5.92 Å². The first-order chi connectivity index (χ1) is 15.6. The molecule has 4 rings (SSSR count). The summed E-state index contributed by atoms with van der Waals surface area (Å²) in [6.45, 7) is 4.45. The van der Waals surface area contributed by atoms with Crippen molar-refractivity contribution in [1.29, 1.82) is 0 Å². The predicted molar refractivity (Wildman–Crippen MR) is 125 cm³/mol. The zero-order valence-electron chi connectivity index (χ0n) is 18.9. The Morgan fingerprint density at radius 2 is 1.84 bits per heavy atom. The Morgan fingerprint density at radius 1 is 1.00 bits per heavy atom. The van der Waals surface area contributed by atoms with E-state index in [1.54, 1.807) is 20.4 Å². The number of aliphatic hydroxyl groups excluding tert-OH is 1. The summed E-state index contributed by atoms with van der Waals surface area (Å²) >= 11 is 0. The van der Waals surface area contributed by atoms with Crippen LogP contribution in [0.2, 0.25) is 0 Å². The third-order valence-electron chi connectivity index (χ3n) is 5.80. The van der Waals surface area contributed by atoms with Crippen molar-refractivity contribution in [3.05, 3.63) is 54.2 Å². The summed E-state index contributed by atoms with van der Waals surface area (Å²) in [5, 5.41) is 10.5. The van der Waals surface area contributed by atoms with Crippen LogP contribution in [0.25, 0.3) is 33.1 Å². The molecule has 0 aliphatic heterocycles. The van der Waals surface area contributed by atoms with Gasteiger partial charge in [0.15, 0.2) is 0 Å². The van der Waals surface area contributed by atoms with Crippen LogP contribution in [0.5, 0.6) is 0 Å². The highest BCUT2D eigenvalue weighted by molar-refractivity contribution is 6.03. The van der Waals surface area contributed by atoms with Crippen LogP contribution in [0.1, 0.15) is 24.7 Å². The Balaban J connectivity index is 1.80. The van der Waals surface area contributed by atoms with Crippen LogP contribution in [0.15, 0.2) is 42.9 Å². The standard InChI is InChI=1S/C25H30N4O3/c1-17(6-8-31-2)15-29-24(7-9-32-3)28-23-14-27-22-11-19(4-5-21(22)25(23)29)20-10-18(16-30)12-26-13-20/h4-5,10-14,17,30H,6-9,15-16H2,1-3H3. The molecular weight excluding hydrogens is 404 g/mol. The van der Waals surface area contributed by atoms with Gasteiger partial charge in [0, 0.05) is 57.1 Å². The molecule has 168 valence electrons. The Hall–Kier alpha value is -2.87. The third-order valence-corrected chi connectivity index (χ3v) is 5.80. The summed E-state index contributed by atoms with van der Waals surface area (Å²) in [4.78, 5) is 13.8. The first-order valence-corrected chi connectivity index (χ1v) is 11.0. The number of imidazole rings is 1. The van der Waals surface area contributed by atoms with Crippen molar-refractivity contribution >= 4 is 21.9 Å². The number of rotatable bonds is 10. The summed E-state index contributed by atoms with van der Waals surface area (Å²) in [5.41, 5.74) is 5.69. The Morgan fingerprint density at radius 3 is 2.62 bits per heavy atom. The number of ether oxygens (including phenoxy) is 2. The number of hydrogen-bond acceptors (Lipinski definition) is 6. The molecule has 0 bridgehead atoms. The summed E-state index contributed by atoms with van der Waals surface area (Å²) in [7, 11) is 3.46. The first kappa shape index (κ1) is 22.3. The number of aliphatic hydroxyl groups is 1. The molecule has 1 unspecified atom stereocenters. The van der Waals surface area contributed by atoms with Gasteiger partial charge in [-0.15, -0.1) is 0 Å². The molecule has 1 atom stereocenters. The molecule has 0 spiro atoms. The molecule has 0 aliphatic rings. The Labute approximate surface area is 188 Å². The second-order valence-electron chi connectivity index (χ2n) is 8.23. The molecule has 0 aliphatic carbocycles. The highest BCUT2D eigenvalue weighted by atomic mass is 16.5. The summed E-state index contributed by atoms with van der Waals surface area (Å²) in [6, 6.07) is 8.23. The van der Waals surface area contributed by atoms with E-state index in [9.17, 15) is 5.11 Å². The minimum absolute atomic E-state index is 0.0298. The van der Waals surface area contributed by atoms with Gasteiger partial charge in [0.2, 0.25) is 0 Å². The van der Waals surface area contributed by atoms with E-state index < -0.39 is 0 Å². The first-order valence-electron chi connectivity index (χ1n) is 11.0. The fourth-order valence-corrected chi connectivity index (χ4v) is 4.08. The van der Waals surface area contributed by atoms with E-state index in [0.29, 0.717) is 12.5 Å². The van der Waals surface area contributed by atoms with Gasteiger partial charge >= 0.3 is 0 Å². The van der Waals surface area contributed by atoms with E-state index >= 15 is 0 Å². The van der Waals surface area contributed by atoms with Gasteiger partial charge in [-0.1, -0.05) is 19.1 Å². The van der Waals surface area contributed by atoms with Crippen LogP contribution in [-0.4, -0.2) is 52.1 Å². The lowest BCUT2D eigenvalue weighted by molar-refractivity contribution is 0.175. The third kappa shape index (κ3) is 4.65. The second kappa shape index (κ2) is 10.2. The van der Waals surface area contributed by atoms with E-state index in [1.807, 2.05) is 18.5 Å². The van der Waals surface area contributed by atoms with Gasteiger partial charge in [0.25, 0.3) is 0 Å². The highest BCUT2D eigenvalue weighted by Gasteiger charge is 2.17. The van der Waals surface area contributed by atoms with Gasteiger partial charge < -0.3 is 19.1 Å². The molecule has 7 heteroatoms. The second-order valence-corrected chi connectivity index (χ2v) is 8.23. The lowest BCUT2D eigenvalue weighted by Gasteiger charge is -2.16. The highest BCUT2D eigenvalue weighted by Crippen LogP contribution is 2.30. The van der Waals surface area contributed by atoms with Crippen molar-refractivity contribution in [3.8, 4) is 11.1 Å². The predicted octanol–water partition coefficient (Wildman–Crippen LogP) is 4.00. The zero-order chi connectivity index (χ0) is 22.5. The van der Waals surface area contributed by atoms with E-state index in [2.05, 4.69) is 34.7 Å². The van der Waals surface area contributed by atoms with E-state index in [-0.39, 0.29) is 6.61 Å². The molecule has 1 N–H and O–H groups in total. The number of nitrogens with zero attached hydrogens (tertiary/aromatic N) is 4. The SMILES string of the molecule is COCCc1nc2cnc3cc(-c4cncc(CO)c4)ccc3c2n1CC(C)CCOC. The van der Waals surface area contributed by atoms with E-state index in [0.717, 1.165) is 70.4 Å². The van der Waals surface area contributed by atoms with Crippen molar-refractivity contribution < 1.29 is 14.6 Å². The molecule has 1 aromatic carbocycles. The van der Waals surface area contributed by atoms with E-state index in [1.165, 1.54) is 0 Å². The molecule has 32 heavy (non-hydrogen) atoms. The van der Waals surface area contributed by atoms with E-state index in [4.69, 9.17) is 19.4 Å². The maximum atomic E-state index is 9.44. The van der Waals surface area contributed by atoms with Crippen molar-refractivity contribution in [2.45, 2.75) is 32.9 Å². The number of benzene rings is 1. The minimum Gasteiger partial charge on any atom is -0.392 e. The molecule has 4 aromatic rings. The summed E-state index contributed by atoms with van der Waals surface area (Å²) < 4.78 is 12.9. The molecular formula is C25H30N4O3. The number of fused-ring (bicyclic) bond motifs is 3. The van der Waals surface area contributed by atoms with Crippen molar-refractivity contribution in [2.24, 2.45) is 5.92 Å². The number of pyridine rings is 2. The summed E-state index contributed by atoms with van der Waals surface area (Å²) in [6.07, 6.45) is 7.08. The molecule has 7 nitrogen and oxygen atoms in total. The average Bonchev–Trinajstić information content (AvgIpc) is 3.18. The maximum absolute atomic E-state index is 9.44. The lowest BCUT2D eigenvalue weighted by atomic mass is 10.0. The fourth-order valence-electron chi connectivity index (χ4n) is 4.08. The van der Waals surface area contributed by atoms with Crippen LogP contribution in [0.3, 0.4) is 0 Å². The molecule has 0 saturated carbocycles. The summed E-state index contributed by atoms with van der Waals surface area (Å²) in [5.74, 6) is 1.47. The smallest absolute Gasteiger partial charge is 0.112 e. The van der Waals surface area contributed by atoms with Crippen LogP contribution in [-0.2, 0) is 29.0 Å². The fraction of sp³-hybridized carbons (Fsp3) is 0.400. The van der Waals surface area contributed by atoms with Crippen molar-refractivity contribution in [3.63, 3.8) is 0 Å². The quantitative estimate of drug-likeness (QED) is 0.406. The lowest BCUT2D eigenvalue weighted by Crippen LogP contribution is -2.14. The van der Waals surface area contributed by atoms with Gasteiger partial charge in [-0.25, -0.2) is 4.98 Å². The van der Waals surface area contributed by atoms with Gasteiger partial charge in [-0.2, -0.15) is 0 Å². The maximum Gasteiger partial charge on any atom is 0.112 e. The number of methoxy groups -OCH3 is 2. The molecule has 3 aromatic heterocycles. The number of hydrogen-bond donors (Lipinski definition) is 1. The molecule has 3 heterocycles. The number of aromatic nitrogens is 4. The van der Waals surface area contributed by atoms with Gasteiger partial charge in [0.1, 0.15) is 11.3 Å². The zero-order valence-corrected chi connectivity index (χ0v) is 18.9. The largest absolute Gasteiger partial charge is 0.392 e. The molecule has 0 amide bonds. The van der Waals surface area contributed by atoms with Crippen LogP contribution < -0.4 is 0 Å².